The van der Waals surface area contributed by atoms with E-state index in [9.17, 15) is 5.11 Å². The van der Waals surface area contributed by atoms with Gasteiger partial charge in [0.25, 0.3) is 0 Å². The molecule has 1 heterocycles. The van der Waals surface area contributed by atoms with Gasteiger partial charge in [0.2, 0.25) is 0 Å². The number of anilines is 1. The molecule has 0 aliphatic carbocycles. The van der Waals surface area contributed by atoms with Crippen LogP contribution in [0, 0.1) is 0 Å². The maximum atomic E-state index is 9.88. The molecule has 0 saturated heterocycles. The Morgan fingerprint density at radius 3 is 2.93 bits per heavy atom. The fourth-order valence-corrected chi connectivity index (χ4v) is 1.94. The third-order valence-corrected chi connectivity index (χ3v) is 2.80. The molecular formula is C9H14ClN3OS. The first kappa shape index (κ1) is 12.5. The second kappa shape index (κ2) is 5.53. The zero-order valence-electron chi connectivity index (χ0n) is 8.70. The lowest BCUT2D eigenvalue weighted by Gasteiger charge is -2.22. The summed E-state index contributed by atoms with van der Waals surface area (Å²) in [7, 11) is 0. The minimum Gasteiger partial charge on any atom is -0.387 e. The molecule has 0 radical (unpaired) electrons. The van der Waals surface area contributed by atoms with E-state index in [2.05, 4.69) is 15.3 Å². The molecule has 0 fully saturated rings. The van der Waals surface area contributed by atoms with Crippen molar-refractivity contribution in [3.05, 3.63) is 17.5 Å². The highest BCUT2D eigenvalue weighted by Gasteiger charge is 2.19. The minimum absolute atomic E-state index is 0.338. The van der Waals surface area contributed by atoms with Gasteiger partial charge >= 0.3 is 0 Å². The molecular weight excluding hydrogens is 234 g/mol. The van der Waals surface area contributed by atoms with Crippen molar-refractivity contribution in [2.45, 2.75) is 12.5 Å². The zero-order chi connectivity index (χ0) is 11.3. The summed E-state index contributed by atoms with van der Waals surface area (Å²) < 4.78 is 0. The number of halogens is 1. The van der Waals surface area contributed by atoms with Crippen molar-refractivity contribution < 1.29 is 5.11 Å². The predicted molar refractivity (Wildman–Crippen MR) is 64.5 cm³/mol. The molecule has 0 amide bonds. The van der Waals surface area contributed by atoms with E-state index < -0.39 is 5.60 Å². The number of rotatable bonds is 5. The van der Waals surface area contributed by atoms with Crippen LogP contribution in [0.1, 0.15) is 6.92 Å². The fraction of sp³-hybridized carbons (Fsp3) is 0.556. The van der Waals surface area contributed by atoms with Crippen LogP contribution in [0.25, 0.3) is 0 Å². The Kier molecular flexibility index (Phi) is 4.63. The van der Waals surface area contributed by atoms with Gasteiger partial charge < -0.3 is 10.4 Å². The lowest BCUT2D eigenvalue weighted by molar-refractivity contribution is 0.0996. The maximum Gasteiger partial charge on any atom is 0.149 e. The summed E-state index contributed by atoms with van der Waals surface area (Å²) in [5, 5.41) is 13.2. The summed E-state index contributed by atoms with van der Waals surface area (Å²) in [5.74, 6) is 1.23. The van der Waals surface area contributed by atoms with E-state index in [1.165, 1.54) is 6.20 Å². The molecule has 0 aliphatic rings. The lowest BCUT2D eigenvalue weighted by atomic mass is 10.1. The van der Waals surface area contributed by atoms with Crippen LogP contribution in [-0.4, -0.2) is 39.2 Å². The van der Waals surface area contributed by atoms with Gasteiger partial charge in [-0.2, -0.15) is 11.8 Å². The van der Waals surface area contributed by atoms with Crippen LogP contribution in [0.15, 0.2) is 12.4 Å². The molecule has 2 N–H and O–H groups in total. The van der Waals surface area contributed by atoms with Crippen LogP contribution in [0.2, 0.25) is 5.15 Å². The van der Waals surface area contributed by atoms with Gasteiger partial charge in [-0.3, -0.25) is 4.98 Å². The van der Waals surface area contributed by atoms with Gasteiger partial charge in [0, 0.05) is 12.3 Å². The first-order valence-corrected chi connectivity index (χ1v) is 6.23. The topological polar surface area (TPSA) is 58.0 Å². The zero-order valence-corrected chi connectivity index (χ0v) is 10.3. The lowest BCUT2D eigenvalue weighted by Crippen LogP contribution is -2.36. The van der Waals surface area contributed by atoms with Crippen molar-refractivity contribution >= 4 is 29.2 Å². The average Bonchev–Trinajstić information content (AvgIpc) is 2.15. The van der Waals surface area contributed by atoms with Gasteiger partial charge in [-0.15, -0.1) is 0 Å². The number of hydrogen-bond donors (Lipinski definition) is 2. The summed E-state index contributed by atoms with van der Waals surface area (Å²) in [6.45, 7) is 2.19. The molecule has 0 aromatic carbocycles. The molecule has 1 atom stereocenters. The Hall–Kier alpha value is -0.520. The molecule has 1 rings (SSSR count). The highest BCUT2D eigenvalue weighted by atomic mass is 35.5. The van der Waals surface area contributed by atoms with Crippen LogP contribution < -0.4 is 5.32 Å². The summed E-state index contributed by atoms with van der Waals surface area (Å²) in [6, 6.07) is 0. The Morgan fingerprint density at radius 1 is 1.60 bits per heavy atom. The minimum atomic E-state index is -0.761. The summed E-state index contributed by atoms with van der Waals surface area (Å²) in [4.78, 5) is 7.90. The molecule has 0 bridgehead atoms. The van der Waals surface area contributed by atoms with E-state index in [1.807, 2.05) is 6.26 Å². The van der Waals surface area contributed by atoms with E-state index in [0.29, 0.717) is 23.3 Å². The molecule has 4 nitrogen and oxygen atoms in total. The van der Waals surface area contributed by atoms with Gasteiger partial charge in [-0.25, -0.2) is 4.98 Å². The predicted octanol–water partition coefficient (Wildman–Crippen LogP) is 1.66. The third kappa shape index (κ3) is 4.68. The van der Waals surface area contributed by atoms with E-state index in [0.717, 1.165) is 0 Å². The van der Waals surface area contributed by atoms with Crippen molar-refractivity contribution in [2.24, 2.45) is 0 Å². The van der Waals surface area contributed by atoms with Crippen molar-refractivity contribution in [3.63, 3.8) is 0 Å². The monoisotopic (exact) mass is 247 g/mol. The molecule has 15 heavy (non-hydrogen) atoms. The SMILES string of the molecule is CSC[C@](C)(O)CNc1cncc(Cl)n1. The van der Waals surface area contributed by atoms with Crippen LogP contribution >= 0.6 is 23.4 Å². The van der Waals surface area contributed by atoms with Gasteiger partial charge in [0.05, 0.1) is 18.0 Å². The van der Waals surface area contributed by atoms with Gasteiger partial charge in [0.15, 0.2) is 0 Å². The molecule has 6 heteroatoms. The van der Waals surface area contributed by atoms with E-state index in [-0.39, 0.29) is 0 Å². The number of hydrogen-bond acceptors (Lipinski definition) is 5. The van der Waals surface area contributed by atoms with Crippen molar-refractivity contribution in [3.8, 4) is 0 Å². The largest absolute Gasteiger partial charge is 0.387 e. The van der Waals surface area contributed by atoms with E-state index >= 15 is 0 Å². The number of nitrogens with zero attached hydrogens (tertiary/aromatic N) is 2. The maximum absolute atomic E-state index is 9.88. The molecule has 1 aromatic heterocycles. The fourth-order valence-electron chi connectivity index (χ4n) is 1.07. The average molecular weight is 248 g/mol. The summed E-state index contributed by atoms with van der Waals surface area (Å²) in [5.41, 5.74) is -0.761. The Morgan fingerprint density at radius 2 is 2.33 bits per heavy atom. The van der Waals surface area contributed by atoms with Crippen LogP contribution in [-0.2, 0) is 0 Å². The Labute approximate surface area is 98.5 Å². The molecule has 1 aromatic rings. The Bertz CT molecular complexity index is 322. The van der Waals surface area contributed by atoms with Crippen LogP contribution in [0.4, 0.5) is 5.82 Å². The first-order chi connectivity index (χ1) is 7.03. The normalized spacial score (nSPS) is 14.7. The summed E-state index contributed by atoms with van der Waals surface area (Å²) in [6.07, 6.45) is 4.99. The van der Waals surface area contributed by atoms with Crippen molar-refractivity contribution in [2.75, 3.05) is 23.9 Å². The highest BCUT2D eigenvalue weighted by Crippen LogP contribution is 2.12. The number of thioether (sulfide) groups is 1. The second-order valence-electron chi connectivity index (χ2n) is 3.51. The summed E-state index contributed by atoms with van der Waals surface area (Å²) >= 11 is 7.27. The molecule has 0 aliphatic heterocycles. The van der Waals surface area contributed by atoms with E-state index in [4.69, 9.17) is 11.6 Å². The first-order valence-electron chi connectivity index (χ1n) is 4.46. The van der Waals surface area contributed by atoms with Gasteiger partial charge in [-0.05, 0) is 13.2 Å². The van der Waals surface area contributed by atoms with Crippen molar-refractivity contribution in [1.29, 1.82) is 0 Å². The van der Waals surface area contributed by atoms with Crippen LogP contribution in [0.3, 0.4) is 0 Å². The number of aliphatic hydroxyl groups is 1. The molecule has 0 unspecified atom stereocenters. The third-order valence-electron chi connectivity index (χ3n) is 1.71. The standard InChI is InChI=1S/C9H14ClN3OS/c1-9(14,6-15-2)5-12-8-4-11-3-7(10)13-8/h3-4,14H,5-6H2,1-2H3,(H,12,13)/t9-/m1/s1. The highest BCUT2D eigenvalue weighted by molar-refractivity contribution is 7.98. The van der Waals surface area contributed by atoms with Gasteiger partial charge in [0.1, 0.15) is 11.0 Å². The molecule has 84 valence electrons. The van der Waals surface area contributed by atoms with Crippen molar-refractivity contribution in [1.82, 2.24) is 9.97 Å². The second-order valence-corrected chi connectivity index (χ2v) is 4.76. The van der Waals surface area contributed by atoms with Crippen LogP contribution in [0.5, 0.6) is 0 Å². The Balaban J connectivity index is 2.49. The molecule has 0 spiro atoms. The smallest absolute Gasteiger partial charge is 0.149 e. The number of nitrogens with one attached hydrogen (secondary N) is 1. The molecule has 0 saturated carbocycles. The van der Waals surface area contributed by atoms with E-state index in [1.54, 1.807) is 24.9 Å². The number of aromatic nitrogens is 2. The van der Waals surface area contributed by atoms with Gasteiger partial charge in [-0.1, -0.05) is 11.6 Å². The quantitative estimate of drug-likeness (QED) is 0.829.